The van der Waals surface area contributed by atoms with Crippen LogP contribution >= 0.6 is 22.9 Å². The number of anilines is 1. The van der Waals surface area contributed by atoms with Crippen LogP contribution in [-0.2, 0) is 5.41 Å². The first-order valence-corrected chi connectivity index (χ1v) is 9.32. The lowest BCUT2D eigenvalue weighted by Gasteiger charge is -2.26. The molecule has 0 saturated carbocycles. The number of hydrogen-bond donors (Lipinski definition) is 0. The molecule has 1 unspecified atom stereocenters. The van der Waals surface area contributed by atoms with Gasteiger partial charge in [0.2, 0.25) is 0 Å². The van der Waals surface area contributed by atoms with E-state index in [9.17, 15) is 0 Å². The molecule has 0 fully saturated rings. The summed E-state index contributed by atoms with van der Waals surface area (Å²) in [7, 11) is 0. The Balaban J connectivity index is 2.83. The van der Waals surface area contributed by atoms with E-state index in [0.29, 0.717) is 6.04 Å². The number of halogens is 1. The minimum atomic E-state index is 0.159. The molecule has 0 N–H and O–H groups in total. The second-order valence-corrected chi connectivity index (χ2v) is 9.35. The van der Waals surface area contributed by atoms with Gasteiger partial charge in [0.1, 0.15) is 0 Å². The van der Waals surface area contributed by atoms with Gasteiger partial charge in [-0.25, -0.2) is 0 Å². The van der Waals surface area contributed by atoms with E-state index in [2.05, 4.69) is 111 Å². The van der Waals surface area contributed by atoms with Gasteiger partial charge >= 0.3 is 0 Å². The number of hydrogen-bond acceptors (Lipinski definition) is 1. The van der Waals surface area contributed by atoms with E-state index in [-0.39, 0.29) is 10.8 Å². The van der Waals surface area contributed by atoms with Gasteiger partial charge in [-0.15, -0.1) is 0 Å². The van der Waals surface area contributed by atoms with Crippen LogP contribution in [0.5, 0.6) is 0 Å². The minimum absolute atomic E-state index is 0.159. The Morgan fingerprint density at radius 2 is 1.65 bits per heavy atom. The van der Waals surface area contributed by atoms with Crippen LogP contribution in [0.1, 0.15) is 60.5 Å². The number of rotatable bonds is 5. The summed E-state index contributed by atoms with van der Waals surface area (Å²) < 4.78 is 2.32. The molecule has 0 spiro atoms. The second kappa shape index (κ2) is 7.87. The third kappa shape index (κ3) is 5.98. The lowest BCUT2D eigenvalue weighted by atomic mass is 9.85. The topological polar surface area (TPSA) is 3.24 Å². The molecule has 1 rings (SSSR count). The first-order valence-electron chi connectivity index (χ1n) is 8.35. The molecule has 2 heteroatoms. The summed E-state index contributed by atoms with van der Waals surface area (Å²) in [5.41, 5.74) is 4.31. The molecular formula is C21H32IN. The van der Waals surface area contributed by atoms with Crippen molar-refractivity contribution in [2.75, 3.05) is 3.11 Å². The van der Waals surface area contributed by atoms with Crippen LogP contribution in [-0.4, -0.2) is 6.04 Å². The van der Waals surface area contributed by atoms with E-state index >= 15 is 0 Å². The molecule has 0 aliphatic carbocycles. The summed E-state index contributed by atoms with van der Waals surface area (Å²) in [5, 5.41) is 0. The summed E-state index contributed by atoms with van der Waals surface area (Å²) >= 11 is 2.42. The van der Waals surface area contributed by atoms with Gasteiger partial charge in [0.15, 0.2) is 0 Å². The third-order valence-electron chi connectivity index (χ3n) is 4.13. The van der Waals surface area contributed by atoms with Gasteiger partial charge in [0.25, 0.3) is 0 Å². The van der Waals surface area contributed by atoms with E-state index in [1.807, 2.05) is 6.08 Å². The second-order valence-electron chi connectivity index (χ2n) is 8.31. The summed E-state index contributed by atoms with van der Waals surface area (Å²) in [6.45, 7) is 19.7. The van der Waals surface area contributed by atoms with Crippen molar-refractivity contribution in [1.82, 2.24) is 0 Å². The summed E-state index contributed by atoms with van der Waals surface area (Å²) in [5.74, 6) is 0. The summed E-state index contributed by atoms with van der Waals surface area (Å²) in [4.78, 5) is 0. The Kier molecular flexibility index (Phi) is 6.94. The number of allylic oxidation sites excluding steroid dienone is 2. The van der Waals surface area contributed by atoms with Gasteiger partial charge in [0, 0.05) is 11.7 Å². The molecule has 1 atom stereocenters. The molecule has 0 aliphatic rings. The van der Waals surface area contributed by atoms with Crippen LogP contribution < -0.4 is 3.11 Å². The maximum Gasteiger partial charge on any atom is 0.0594 e. The van der Waals surface area contributed by atoms with E-state index < -0.39 is 0 Å². The van der Waals surface area contributed by atoms with Crippen LogP contribution in [0.15, 0.2) is 48.6 Å². The summed E-state index contributed by atoms with van der Waals surface area (Å²) in [6.07, 6.45) is 5.33. The quantitative estimate of drug-likeness (QED) is 0.277. The Morgan fingerprint density at radius 3 is 2.04 bits per heavy atom. The Labute approximate surface area is 157 Å². The molecule has 0 heterocycles. The van der Waals surface area contributed by atoms with Crippen molar-refractivity contribution in [2.24, 2.45) is 5.41 Å². The van der Waals surface area contributed by atoms with Crippen molar-refractivity contribution < 1.29 is 0 Å². The molecule has 0 saturated heterocycles. The monoisotopic (exact) mass is 425 g/mol. The maximum absolute atomic E-state index is 3.96. The van der Waals surface area contributed by atoms with Crippen molar-refractivity contribution in [3.63, 3.8) is 0 Å². The van der Waals surface area contributed by atoms with E-state index in [1.54, 1.807) is 0 Å². The van der Waals surface area contributed by atoms with Crippen LogP contribution in [0.2, 0.25) is 0 Å². The lowest BCUT2D eigenvalue weighted by Crippen LogP contribution is -2.23. The first kappa shape index (κ1) is 20.3. The molecule has 0 aromatic heterocycles. The molecule has 0 amide bonds. The van der Waals surface area contributed by atoms with E-state index in [4.69, 9.17) is 0 Å². The highest BCUT2D eigenvalue weighted by Gasteiger charge is 2.17. The van der Waals surface area contributed by atoms with Gasteiger partial charge in [-0.2, -0.15) is 0 Å². The fraction of sp³-hybridized carbons (Fsp3) is 0.524. The van der Waals surface area contributed by atoms with Gasteiger partial charge in [-0.3, -0.25) is 0 Å². The SMILES string of the molecule is C=C/C(=C\CC(C)N(I)c1ccc(C(C)(C)C)cc1)C(C)(C)C. The first-order chi connectivity index (χ1) is 10.5. The third-order valence-corrected chi connectivity index (χ3v) is 5.64. The van der Waals surface area contributed by atoms with E-state index in [0.717, 1.165) is 6.42 Å². The number of nitrogens with zero attached hydrogens (tertiary/aromatic N) is 1. The van der Waals surface area contributed by atoms with Crippen LogP contribution in [0.4, 0.5) is 5.69 Å². The predicted octanol–water partition coefficient (Wildman–Crippen LogP) is 7.08. The van der Waals surface area contributed by atoms with Gasteiger partial charge in [-0.05, 0) is 47.4 Å². The average Bonchev–Trinajstić information content (AvgIpc) is 2.44. The van der Waals surface area contributed by atoms with Gasteiger partial charge in [0.05, 0.1) is 22.9 Å². The summed E-state index contributed by atoms with van der Waals surface area (Å²) in [6, 6.07) is 9.38. The zero-order valence-electron chi connectivity index (χ0n) is 15.8. The van der Waals surface area contributed by atoms with Crippen LogP contribution in [0.25, 0.3) is 0 Å². The maximum atomic E-state index is 3.96. The highest BCUT2D eigenvalue weighted by molar-refractivity contribution is 14.1. The number of benzene rings is 1. The zero-order valence-corrected chi connectivity index (χ0v) is 17.9. The highest BCUT2D eigenvalue weighted by atomic mass is 127. The molecular weight excluding hydrogens is 393 g/mol. The molecule has 0 bridgehead atoms. The molecule has 1 aromatic rings. The Bertz CT molecular complexity index is 541. The fourth-order valence-electron chi connectivity index (χ4n) is 2.44. The molecule has 1 nitrogen and oxygen atoms in total. The molecule has 0 radical (unpaired) electrons. The van der Waals surface area contributed by atoms with Crippen molar-refractivity contribution in [3.8, 4) is 0 Å². The highest BCUT2D eigenvalue weighted by Crippen LogP contribution is 2.30. The van der Waals surface area contributed by atoms with Crippen LogP contribution in [0.3, 0.4) is 0 Å². The Morgan fingerprint density at radius 1 is 1.13 bits per heavy atom. The van der Waals surface area contributed by atoms with Crippen molar-refractivity contribution in [1.29, 1.82) is 0 Å². The predicted molar refractivity (Wildman–Crippen MR) is 113 cm³/mol. The average molecular weight is 425 g/mol. The van der Waals surface area contributed by atoms with Gasteiger partial charge in [-0.1, -0.05) is 72.4 Å². The van der Waals surface area contributed by atoms with Gasteiger partial charge < -0.3 is 3.11 Å². The Hall–Kier alpha value is -0.770. The molecule has 23 heavy (non-hydrogen) atoms. The molecule has 128 valence electrons. The smallest absolute Gasteiger partial charge is 0.0594 e. The fourth-order valence-corrected chi connectivity index (χ4v) is 2.99. The normalized spacial score (nSPS) is 14.5. The van der Waals surface area contributed by atoms with Crippen molar-refractivity contribution in [2.45, 2.75) is 66.3 Å². The molecule has 0 aliphatic heterocycles. The van der Waals surface area contributed by atoms with Crippen LogP contribution in [0, 0.1) is 5.41 Å². The lowest BCUT2D eigenvalue weighted by molar-refractivity contribution is 0.513. The molecule has 1 aromatic carbocycles. The minimum Gasteiger partial charge on any atom is -0.312 e. The standard InChI is InChI=1S/C21H32IN/c1-9-17(20(3,4)5)11-10-16(2)23(22)19-14-12-18(13-15-19)21(6,7)8/h9,11-16H,1,10H2,2-8H3/b17-11+. The zero-order chi connectivity index (χ0) is 17.8. The largest absolute Gasteiger partial charge is 0.312 e. The van der Waals surface area contributed by atoms with E-state index in [1.165, 1.54) is 16.8 Å². The van der Waals surface area contributed by atoms with Crippen molar-refractivity contribution >= 4 is 28.6 Å². The van der Waals surface area contributed by atoms with Crippen molar-refractivity contribution in [3.05, 3.63) is 54.1 Å².